The quantitative estimate of drug-likeness (QED) is 0.896. The number of aromatic amines is 1. The molecule has 0 spiro atoms. The Bertz CT molecular complexity index is 578. The van der Waals surface area contributed by atoms with Crippen molar-refractivity contribution in [2.75, 3.05) is 7.11 Å². The predicted octanol–water partition coefficient (Wildman–Crippen LogP) is 1.70. The van der Waals surface area contributed by atoms with Gasteiger partial charge >= 0.3 is 0 Å². The first-order chi connectivity index (χ1) is 8.70. The number of H-pyrrole nitrogens is 1. The standard InChI is InChI=1S/C13H13FN2O2/c1-18-10-5-2-9(3-6-10)4-7-11-12(14)13(17)16-8-15-11/h2-3,5-6,8H,4,7H2,1H3,(H,15,16,17). The van der Waals surface area contributed by atoms with Crippen LogP contribution in [-0.4, -0.2) is 17.1 Å². The van der Waals surface area contributed by atoms with Gasteiger partial charge in [-0.3, -0.25) is 4.79 Å². The van der Waals surface area contributed by atoms with Crippen LogP contribution in [0.1, 0.15) is 11.3 Å². The van der Waals surface area contributed by atoms with E-state index in [0.29, 0.717) is 12.8 Å². The summed E-state index contributed by atoms with van der Waals surface area (Å²) in [6.07, 6.45) is 2.23. The van der Waals surface area contributed by atoms with Gasteiger partial charge in [-0.05, 0) is 30.5 Å². The van der Waals surface area contributed by atoms with Gasteiger partial charge in [0.15, 0.2) is 0 Å². The van der Waals surface area contributed by atoms with E-state index in [-0.39, 0.29) is 5.69 Å². The van der Waals surface area contributed by atoms with E-state index < -0.39 is 11.4 Å². The highest BCUT2D eigenvalue weighted by atomic mass is 19.1. The number of nitrogens with one attached hydrogen (secondary N) is 1. The molecule has 1 N–H and O–H groups in total. The van der Waals surface area contributed by atoms with Gasteiger partial charge in [-0.15, -0.1) is 0 Å². The van der Waals surface area contributed by atoms with Crippen LogP contribution in [0, 0.1) is 5.82 Å². The Labute approximate surface area is 103 Å². The summed E-state index contributed by atoms with van der Waals surface area (Å²) < 4.78 is 18.4. The molecular weight excluding hydrogens is 235 g/mol. The van der Waals surface area contributed by atoms with Gasteiger partial charge in [0.25, 0.3) is 5.56 Å². The largest absolute Gasteiger partial charge is 0.497 e. The molecule has 1 aromatic heterocycles. The van der Waals surface area contributed by atoms with E-state index >= 15 is 0 Å². The van der Waals surface area contributed by atoms with Crippen LogP contribution in [0.3, 0.4) is 0 Å². The molecule has 0 atom stereocenters. The zero-order valence-electron chi connectivity index (χ0n) is 9.94. The highest BCUT2D eigenvalue weighted by molar-refractivity contribution is 5.27. The van der Waals surface area contributed by atoms with Gasteiger partial charge in [0.05, 0.1) is 19.1 Å². The number of aromatic nitrogens is 2. The average molecular weight is 248 g/mol. The molecule has 0 aliphatic heterocycles. The van der Waals surface area contributed by atoms with E-state index in [0.717, 1.165) is 11.3 Å². The summed E-state index contributed by atoms with van der Waals surface area (Å²) in [7, 11) is 1.60. The second-order valence-corrected chi connectivity index (χ2v) is 3.84. The van der Waals surface area contributed by atoms with Crippen molar-refractivity contribution in [2.24, 2.45) is 0 Å². The molecule has 0 bridgehead atoms. The van der Waals surface area contributed by atoms with Crippen molar-refractivity contribution < 1.29 is 9.13 Å². The smallest absolute Gasteiger partial charge is 0.287 e. The Kier molecular flexibility index (Phi) is 3.72. The van der Waals surface area contributed by atoms with Crippen LogP contribution in [0.2, 0.25) is 0 Å². The Morgan fingerprint density at radius 1 is 1.28 bits per heavy atom. The average Bonchev–Trinajstić information content (AvgIpc) is 2.41. The Morgan fingerprint density at radius 2 is 2.00 bits per heavy atom. The van der Waals surface area contributed by atoms with Gasteiger partial charge in [0.2, 0.25) is 5.82 Å². The molecule has 0 unspecified atom stereocenters. The van der Waals surface area contributed by atoms with E-state index in [1.807, 2.05) is 24.3 Å². The topological polar surface area (TPSA) is 55.0 Å². The minimum absolute atomic E-state index is 0.189. The third-order valence-corrected chi connectivity index (χ3v) is 2.68. The monoisotopic (exact) mass is 248 g/mol. The maximum absolute atomic E-state index is 13.4. The molecule has 5 heteroatoms. The summed E-state index contributed by atoms with van der Waals surface area (Å²) in [6.45, 7) is 0. The molecule has 4 nitrogen and oxygen atoms in total. The van der Waals surface area contributed by atoms with Crippen LogP contribution >= 0.6 is 0 Å². The van der Waals surface area contributed by atoms with E-state index in [4.69, 9.17) is 4.74 Å². The van der Waals surface area contributed by atoms with Crippen molar-refractivity contribution in [3.05, 3.63) is 58.0 Å². The normalized spacial score (nSPS) is 10.3. The lowest BCUT2D eigenvalue weighted by Gasteiger charge is -2.03. The van der Waals surface area contributed by atoms with Crippen molar-refractivity contribution in [1.29, 1.82) is 0 Å². The van der Waals surface area contributed by atoms with Crippen molar-refractivity contribution in [2.45, 2.75) is 12.8 Å². The van der Waals surface area contributed by atoms with E-state index in [9.17, 15) is 9.18 Å². The van der Waals surface area contributed by atoms with E-state index in [1.54, 1.807) is 7.11 Å². The van der Waals surface area contributed by atoms with Crippen molar-refractivity contribution in [1.82, 2.24) is 9.97 Å². The Hall–Kier alpha value is -2.17. The fourth-order valence-electron chi connectivity index (χ4n) is 1.65. The first-order valence-electron chi connectivity index (χ1n) is 5.55. The number of methoxy groups -OCH3 is 1. The minimum Gasteiger partial charge on any atom is -0.497 e. The lowest BCUT2D eigenvalue weighted by Crippen LogP contribution is -2.15. The first-order valence-corrected chi connectivity index (χ1v) is 5.55. The molecule has 0 aliphatic rings. The van der Waals surface area contributed by atoms with Crippen LogP contribution in [0.4, 0.5) is 4.39 Å². The molecule has 1 heterocycles. The zero-order chi connectivity index (χ0) is 13.0. The molecule has 2 aromatic rings. The molecular formula is C13H13FN2O2. The fourth-order valence-corrected chi connectivity index (χ4v) is 1.65. The number of hydrogen-bond donors (Lipinski definition) is 1. The van der Waals surface area contributed by atoms with E-state index in [2.05, 4.69) is 9.97 Å². The summed E-state index contributed by atoms with van der Waals surface area (Å²) in [5.41, 5.74) is 0.501. The number of nitrogens with zero attached hydrogens (tertiary/aromatic N) is 1. The molecule has 0 saturated carbocycles. The lowest BCUT2D eigenvalue weighted by atomic mass is 10.1. The number of ether oxygens (including phenoxy) is 1. The SMILES string of the molecule is COc1ccc(CCc2nc[nH]c(=O)c2F)cc1. The second-order valence-electron chi connectivity index (χ2n) is 3.84. The van der Waals surface area contributed by atoms with Crippen molar-refractivity contribution >= 4 is 0 Å². The van der Waals surface area contributed by atoms with Crippen molar-refractivity contribution in [3.8, 4) is 5.75 Å². The van der Waals surface area contributed by atoms with Gasteiger partial charge in [-0.2, -0.15) is 4.39 Å². The third kappa shape index (κ3) is 2.74. The minimum atomic E-state index is -0.800. The number of rotatable bonds is 4. The van der Waals surface area contributed by atoms with Crippen molar-refractivity contribution in [3.63, 3.8) is 0 Å². The molecule has 18 heavy (non-hydrogen) atoms. The maximum Gasteiger partial charge on any atom is 0.287 e. The van der Waals surface area contributed by atoms with E-state index in [1.165, 1.54) is 6.33 Å². The number of benzene rings is 1. The molecule has 94 valence electrons. The molecule has 0 fully saturated rings. The third-order valence-electron chi connectivity index (χ3n) is 2.68. The first kappa shape index (κ1) is 12.3. The summed E-state index contributed by atoms with van der Waals surface area (Å²) in [4.78, 5) is 17.1. The van der Waals surface area contributed by atoms with Crippen LogP contribution in [-0.2, 0) is 12.8 Å². The summed E-state index contributed by atoms with van der Waals surface area (Å²) >= 11 is 0. The van der Waals surface area contributed by atoms with Crippen LogP contribution in [0.15, 0.2) is 35.4 Å². The zero-order valence-corrected chi connectivity index (χ0v) is 9.94. The number of halogens is 1. The predicted molar refractivity (Wildman–Crippen MR) is 65.2 cm³/mol. The highest BCUT2D eigenvalue weighted by Crippen LogP contribution is 2.13. The summed E-state index contributed by atoms with van der Waals surface area (Å²) in [5, 5.41) is 0. The van der Waals surface area contributed by atoms with Crippen LogP contribution in [0.25, 0.3) is 0 Å². The van der Waals surface area contributed by atoms with Gasteiger partial charge in [-0.1, -0.05) is 12.1 Å². The Morgan fingerprint density at radius 3 is 2.67 bits per heavy atom. The number of hydrogen-bond acceptors (Lipinski definition) is 3. The molecule has 0 aliphatic carbocycles. The lowest BCUT2D eigenvalue weighted by molar-refractivity contribution is 0.414. The Balaban J connectivity index is 2.06. The molecule has 1 aromatic carbocycles. The fraction of sp³-hybridized carbons (Fsp3) is 0.231. The molecule has 0 radical (unpaired) electrons. The molecule has 2 rings (SSSR count). The van der Waals surface area contributed by atoms with Crippen LogP contribution < -0.4 is 10.3 Å². The van der Waals surface area contributed by atoms with Crippen LogP contribution in [0.5, 0.6) is 5.75 Å². The summed E-state index contributed by atoms with van der Waals surface area (Å²) in [5.74, 6) is -0.0229. The molecule has 0 saturated heterocycles. The van der Waals surface area contributed by atoms with Gasteiger partial charge in [0, 0.05) is 0 Å². The second kappa shape index (κ2) is 5.44. The highest BCUT2D eigenvalue weighted by Gasteiger charge is 2.07. The number of aryl methyl sites for hydroxylation is 2. The summed E-state index contributed by atoms with van der Waals surface area (Å²) in [6, 6.07) is 7.50. The van der Waals surface area contributed by atoms with Gasteiger partial charge < -0.3 is 9.72 Å². The molecule has 0 amide bonds. The van der Waals surface area contributed by atoms with Gasteiger partial charge in [-0.25, -0.2) is 4.98 Å². The van der Waals surface area contributed by atoms with Gasteiger partial charge in [0.1, 0.15) is 5.75 Å². The maximum atomic E-state index is 13.4.